The number of phenolic OH excluding ortho intramolecular Hbond substituents is 1. The normalized spacial score (nSPS) is 11.8. The maximum atomic E-state index is 9.95. The van der Waals surface area contributed by atoms with Crippen LogP contribution in [0.2, 0.25) is 0 Å². The molecule has 0 bridgehead atoms. The van der Waals surface area contributed by atoms with Crippen molar-refractivity contribution in [2.24, 2.45) is 0 Å². The van der Waals surface area contributed by atoms with Gasteiger partial charge in [0.2, 0.25) is 0 Å². The molecule has 1 nitrogen and oxygen atoms in total. The van der Waals surface area contributed by atoms with Gasteiger partial charge in [-0.2, -0.15) is 0 Å². The van der Waals surface area contributed by atoms with Crippen molar-refractivity contribution in [1.82, 2.24) is 0 Å². The second-order valence-corrected chi connectivity index (χ2v) is 5.17. The number of hydrogen-bond acceptors (Lipinski definition) is 1. The predicted molar refractivity (Wildman–Crippen MR) is 65.0 cm³/mol. The third-order valence-corrected chi connectivity index (χ3v) is 2.88. The van der Waals surface area contributed by atoms with Crippen LogP contribution >= 0.6 is 9.24 Å². The van der Waals surface area contributed by atoms with Gasteiger partial charge in [-0.3, -0.25) is 0 Å². The number of aromatic hydroxyl groups is 1. The van der Waals surface area contributed by atoms with Crippen molar-refractivity contribution < 1.29 is 5.11 Å². The van der Waals surface area contributed by atoms with Gasteiger partial charge in [-0.1, -0.05) is 32.9 Å². The van der Waals surface area contributed by atoms with Crippen LogP contribution in [0.15, 0.2) is 12.1 Å². The Hall–Kier alpha value is -0.550. The Bertz CT molecular complexity index is 337. The molecule has 0 aliphatic rings. The average molecular weight is 210 g/mol. The average Bonchev–Trinajstić information content (AvgIpc) is 2.07. The summed E-state index contributed by atoms with van der Waals surface area (Å²) in [5, 5.41) is 9.95. The zero-order chi connectivity index (χ0) is 10.9. The first-order chi connectivity index (χ1) is 6.36. The van der Waals surface area contributed by atoms with Crippen LogP contribution in [0.4, 0.5) is 0 Å². The Balaban J connectivity index is 3.35. The summed E-state index contributed by atoms with van der Waals surface area (Å²) in [6.07, 6.45) is 0.935. The largest absolute Gasteiger partial charge is 0.507 e. The summed E-state index contributed by atoms with van der Waals surface area (Å²) in [5.74, 6) is 0.444. The number of benzene rings is 1. The van der Waals surface area contributed by atoms with Crippen molar-refractivity contribution in [2.45, 2.75) is 39.3 Å². The van der Waals surface area contributed by atoms with Gasteiger partial charge in [0.15, 0.2) is 0 Å². The van der Waals surface area contributed by atoms with E-state index in [9.17, 15) is 5.11 Å². The highest BCUT2D eigenvalue weighted by molar-refractivity contribution is 7.15. The molecule has 0 aromatic heterocycles. The fraction of sp³-hybridized carbons (Fsp3) is 0.500. The van der Waals surface area contributed by atoms with Crippen LogP contribution in [0.1, 0.15) is 37.5 Å². The molecule has 0 radical (unpaired) electrons. The molecule has 0 spiro atoms. The Morgan fingerprint density at radius 2 is 1.86 bits per heavy atom. The van der Waals surface area contributed by atoms with Crippen molar-refractivity contribution in [2.75, 3.05) is 0 Å². The number of phenols is 1. The Labute approximate surface area is 88.7 Å². The molecule has 1 aromatic rings. The van der Waals surface area contributed by atoms with Gasteiger partial charge in [-0.15, -0.1) is 9.24 Å². The Kier molecular flexibility index (Phi) is 3.21. The molecule has 0 fully saturated rings. The SMILES string of the molecule is Cc1cc(CP)cc(C(C)(C)C)c1O. The number of hydrogen-bond donors (Lipinski definition) is 1. The fourth-order valence-corrected chi connectivity index (χ4v) is 1.78. The second-order valence-electron chi connectivity index (χ2n) is 4.76. The van der Waals surface area contributed by atoms with Crippen LogP contribution in [0.3, 0.4) is 0 Å². The molecule has 0 aliphatic heterocycles. The van der Waals surface area contributed by atoms with Gasteiger partial charge in [0.05, 0.1) is 0 Å². The van der Waals surface area contributed by atoms with E-state index in [1.165, 1.54) is 5.56 Å². The minimum atomic E-state index is 0.00465. The summed E-state index contributed by atoms with van der Waals surface area (Å²) in [5.41, 5.74) is 3.27. The lowest BCUT2D eigenvalue weighted by molar-refractivity contribution is 0.442. The smallest absolute Gasteiger partial charge is 0.122 e. The lowest BCUT2D eigenvalue weighted by Crippen LogP contribution is -2.12. The first kappa shape index (κ1) is 11.5. The lowest BCUT2D eigenvalue weighted by Gasteiger charge is -2.22. The molecule has 0 saturated heterocycles. The third-order valence-electron chi connectivity index (χ3n) is 2.40. The van der Waals surface area contributed by atoms with Gasteiger partial charge in [0.25, 0.3) is 0 Å². The predicted octanol–water partition coefficient (Wildman–Crippen LogP) is 3.37. The molecule has 1 atom stereocenters. The molecular formula is C12H19OP. The van der Waals surface area contributed by atoms with E-state index in [4.69, 9.17) is 0 Å². The molecule has 1 N–H and O–H groups in total. The van der Waals surface area contributed by atoms with Gasteiger partial charge in [-0.25, -0.2) is 0 Å². The molecule has 14 heavy (non-hydrogen) atoms. The van der Waals surface area contributed by atoms with Gasteiger partial charge < -0.3 is 5.11 Å². The molecule has 1 unspecified atom stereocenters. The molecule has 0 amide bonds. The minimum Gasteiger partial charge on any atom is -0.507 e. The zero-order valence-corrected chi connectivity index (χ0v) is 10.5. The molecule has 0 heterocycles. The van der Waals surface area contributed by atoms with Gasteiger partial charge in [0, 0.05) is 0 Å². The van der Waals surface area contributed by atoms with E-state index in [1.54, 1.807) is 0 Å². The molecular weight excluding hydrogens is 191 g/mol. The first-order valence-corrected chi connectivity index (χ1v) is 5.71. The molecule has 0 saturated carbocycles. The van der Waals surface area contributed by atoms with Gasteiger partial charge >= 0.3 is 0 Å². The van der Waals surface area contributed by atoms with Gasteiger partial charge in [0.1, 0.15) is 5.75 Å². The van der Waals surface area contributed by atoms with Gasteiger partial charge in [-0.05, 0) is 35.2 Å². The van der Waals surface area contributed by atoms with Crippen LogP contribution in [0.25, 0.3) is 0 Å². The summed E-state index contributed by atoms with van der Waals surface area (Å²) in [6, 6.07) is 4.13. The van der Waals surface area contributed by atoms with Crippen LogP contribution in [-0.2, 0) is 11.6 Å². The van der Waals surface area contributed by atoms with Crippen molar-refractivity contribution >= 4 is 9.24 Å². The highest BCUT2D eigenvalue weighted by Crippen LogP contribution is 2.34. The molecule has 1 rings (SSSR count). The zero-order valence-electron chi connectivity index (χ0n) is 9.39. The van der Waals surface area contributed by atoms with E-state index in [0.29, 0.717) is 5.75 Å². The highest BCUT2D eigenvalue weighted by Gasteiger charge is 2.19. The van der Waals surface area contributed by atoms with Crippen LogP contribution in [0.5, 0.6) is 5.75 Å². The summed E-state index contributed by atoms with van der Waals surface area (Å²) >= 11 is 0. The first-order valence-electron chi connectivity index (χ1n) is 4.89. The van der Waals surface area contributed by atoms with E-state index in [0.717, 1.165) is 17.3 Å². The second kappa shape index (κ2) is 3.90. The molecule has 1 aromatic carbocycles. The van der Waals surface area contributed by atoms with Crippen molar-refractivity contribution in [3.05, 3.63) is 28.8 Å². The monoisotopic (exact) mass is 210 g/mol. The van der Waals surface area contributed by atoms with Crippen molar-refractivity contribution in [3.8, 4) is 5.75 Å². The minimum absolute atomic E-state index is 0.00465. The van der Waals surface area contributed by atoms with E-state index < -0.39 is 0 Å². The van der Waals surface area contributed by atoms with E-state index in [2.05, 4.69) is 36.1 Å². The summed E-state index contributed by atoms with van der Waals surface area (Å²) in [6.45, 7) is 8.31. The number of aryl methyl sites for hydroxylation is 1. The quantitative estimate of drug-likeness (QED) is 0.704. The fourth-order valence-electron chi connectivity index (χ4n) is 1.54. The molecule has 78 valence electrons. The standard InChI is InChI=1S/C12H19OP/c1-8-5-9(7-14)6-10(11(8)13)12(2,3)4/h5-6,13H,7,14H2,1-4H3. The van der Waals surface area contributed by atoms with Crippen molar-refractivity contribution in [3.63, 3.8) is 0 Å². The summed E-state index contributed by atoms with van der Waals surface area (Å²) < 4.78 is 0. The van der Waals surface area contributed by atoms with Crippen LogP contribution in [-0.4, -0.2) is 5.11 Å². The summed E-state index contributed by atoms with van der Waals surface area (Å²) in [7, 11) is 2.71. The van der Waals surface area contributed by atoms with Crippen LogP contribution < -0.4 is 0 Å². The van der Waals surface area contributed by atoms with E-state index in [-0.39, 0.29) is 5.41 Å². The van der Waals surface area contributed by atoms with E-state index in [1.807, 2.05) is 13.0 Å². The highest BCUT2D eigenvalue weighted by atomic mass is 31.0. The van der Waals surface area contributed by atoms with E-state index >= 15 is 0 Å². The Morgan fingerprint density at radius 1 is 1.29 bits per heavy atom. The maximum Gasteiger partial charge on any atom is 0.122 e. The number of rotatable bonds is 1. The molecule has 2 heteroatoms. The lowest BCUT2D eigenvalue weighted by atomic mass is 9.84. The third kappa shape index (κ3) is 2.27. The molecule has 0 aliphatic carbocycles. The maximum absolute atomic E-state index is 9.95. The topological polar surface area (TPSA) is 20.2 Å². The van der Waals surface area contributed by atoms with Crippen molar-refractivity contribution in [1.29, 1.82) is 0 Å². The Morgan fingerprint density at radius 3 is 2.29 bits per heavy atom. The van der Waals surface area contributed by atoms with Crippen LogP contribution in [0, 0.1) is 6.92 Å². The summed E-state index contributed by atoms with van der Waals surface area (Å²) in [4.78, 5) is 0.